The Morgan fingerprint density at radius 3 is 2.40 bits per heavy atom. The van der Waals surface area contributed by atoms with Crippen LogP contribution in [0.5, 0.6) is 0 Å². The summed E-state index contributed by atoms with van der Waals surface area (Å²) in [4.78, 5) is 41.4. The van der Waals surface area contributed by atoms with Gasteiger partial charge in [-0.25, -0.2) is 4.68 Å². The average molecular weight is 409 g/mol. The normalized spacial score (nSPS) is 19.8. The summed E-state index contributed by atoms with van der Waals surface area (Å²) in [5, 5.41) is 4.29. The van der Waals surface area contributed by atoms with Crippen molar-refractivity contribution in [1.29, 1.82) is 0 Å². The number of likely N-dealkylation sites (tertiary alicyclic amines) is 2. The molecule has 1 aromatic carbocycles. The molecule has 2 fully saturated rings. The number of rotatable bonds is 4. The van der Waals surface area contributed by atoms with Crippen LogP contribution >= 0.6 is 0 Å². The zero-order valence-electron chi connectivity index (χ0n) is 17.2. The van der Waals surface area contributed by atoms with Crippen LogP contribution in [-0.4, -0.2) is 62.9 Å². The molecule has 0 radical (unpaired) electrons. The third-order valence-corrected chi connectivity index (χ3v) is 6.20. The molecule has 1 atom stereocenters. The molecule has 158 valence electrons. The van der Waals surface area contributed by atoms with E-state index in [-0.39, 0.29) is 23.5 Å². The lowest BCUT2D eigenvalue weighted by Crippen LogP contribution is -2.47. The molecule has 0 bridgehead atoms. The van der Waals surface area contributed by atoms with Crippen molar-refractivity contribution in [3.63, 3.8) is 0 Å². The highest BCUT2D eigenvalue weighted by Gasteiger charge is 2.39. The Hall–Kier alpha value is -3.16. The Kier molecular flexibility index (Phi) is 5.57. The number of hydrogen-bond donors (Lipinski definition) is 1. The van der Waals surface area contributed by atoms with E-state index in [1.807, 2.05) is 30.3 Å². The van der Waals surface area contributed by atoms with Crippen LogP contribution in [0, 0.1) is 5.92 Å². The summed E-state index contributed by atoms with van der Waals surface area (Å²) in [6.07, 6.45) is 4.21. The first-order chi connectivity index (χ1) is 14.5. The number of Topliss-reactive ketones (excluding diaryl/α,β-unsaturated/α-hetero) is 1. The van der Waals surface area contributed by atoms with E-state index < -0.39 is 6.04 Å². The number of aromatic nitrogens is 2. The summed E-state index contributed by atoms with van der Waals surface area (Å²) in [6, 6.07) is 8.91. The highest BCUT2D eigenvalue weighted by Crippen LogP contribution is 2.29. The molecule has 30 heavy (non-hydrogen) atoms. The van der Waals surface area contributed by atoms with Gasteiger partial charge in [0.25, 0.3) is 0 Å². The zero-order valence-corrected chi connectivity index (χ0v) is 17.2. The fourth-order valence-corrected chi connectivity index (χ4v) is 4.48. The van der Waals surface area contributed by atoms with E-state index in [1.165, 1.54) is 6.20 Å². The Morgan fingerprint density at radius 2 is 1.73 bits per heavy atom. The summed E-state index contributed by atoms with van der Waals surface area (Å²) in [5.74, 6) is 0.0597. The molecule has 2 saturated heterocycles. The topological polar surface area (TPSA) is 102 Å². The van der Waals surface area contributed by atoms with E-state index in [0.717, 1.165) is 12.1 Å². The number of carbonyl (C=O) groups excluding carboxylic acids is 3. The highest BCUT2D eigenvalue weighted by atomic mass is 16.2. The molecule has 3 heterocycles. The van der Waals surface area contributed by atoms with E-state index in [4.69, 9.17) is 5.73 Å². The van der Waals surface area contributed by atoms with Gasteiger partial charge in [0.15, 0.2) is 5.78 Å². The second kappa shape index (κ2) is 8.30. The van der Waals surface area contributed by atoms with Crippen molar-refractivity contribution >= 4 is 23.4 Å². The molecule has 0 aliphatic carbocycles. The molecule has 2 N–H and O–H groups in total. The van der Waals surface area contributed by atoms with Crippen LogP contribution in [0.3, 0.4) is 0 Å². The molecule has 0 saturated carbocycles. The molecular weight excluding hydrogens is 382 g/mol. The van der Waals surface area contributed by atoms with Gasteiger partial charge in [-0.15, -0.1) is 0 Å². The summed E-state index contributed by atoms with van der Waals surface area (Å²) >= 11 is 0. The van der Waals surface area contributed by atoms with Crippen LogP contribution < -0.4 is 5.73 Å². The van der Waals surface area contributed by atoms with E-state index >= 15 is 0 Å². The maximum absolute atomic E-state index is 13.3. The third kappa shape index (κ3) is 3.69. The highest BCUT2D eigenvalue weighted by molar-refractivity contribution is 6.05. The van der Waals surface area contributed by atoms with Crippen molar-refractivity contribution in [3.05, 3.63) is 42.1 Å². The average Bonchev–Trinajstić information content (AvgIpc) is 3.40. The number of anilines is 1. The van der Waals surface area contributed by atoms with Crippen molar-refractivity contribution in [2.24, 2.45) is 5.92 Å². The fourth-order valence-electron chi connectivity index (χ4n) is 4.48. The number of carbonyl (C=O) groups is 3. The van der Waals surface area contributed by atoms with Crippen molar-refractivity contribution < 1.29 is 14.4 Å². The summed E-state index contributed by atoms with van der Waals surface area (Å²) < 4.78 is 1.55. The minimum Gasteiger partial charge on any atom is -0.383 e. The minimum atomic E-state index is -0.501. The molecule has 1 unspecified atom stereocenters. The standard InChI is InChI=1S/C22H27N5O3/c1-15(28)25-12-9-16(10-13-25)22(30)26-11-5-8-19(26)20(29)18-14-24-27(21(18)23)17-6-3-2-4-7-17/h2-4,6-7,14,16,19H,5,8-13,23H2,1H3. The van der Waals surface area contributed by atoms with Crippen LogP contribution in [0.4, 0.5) is 5.82 Å². The third-order valence-electron chi connectivity index (χ3n) is 6.20. The van der Waals surface area contributed by atoms with Gasteiger partial charge in [0, 0.05) is 32.5 Å². The fraction of sp³-hybridized carbons (Fsp3) is 0.455. The smallest absolute Gasteiger partial charge is 0.226 e. The molecule has 1 aromatic heterocycles. The van der Waals surface area contributed by atoms with Gasteiger partial charge in [0.05, 0.1) is 23.5 Å². The predicted molar refractivity (Wildman–Crippen MR) is 112 cm³/mol. The van der Waals surface area contributed by atoms with Gasteiger partial charge >= 0.3 is 0 Å². The predicted octanol–water partition coefficient (Wildman–Crippen LogP) is 1.89. The Morgan fingerprint density at radius 1 is 1.03 bits per heavy atom. The molecule has 2 amide bonds. The number of nitrogen functional groups attached to an aromatic ring is 1. The number of nitrogens with two attached hydrogens (primary N) is 1. The Bertz CT molecular complexity index is 947. The van der Waals surface area contributed by atoms with Crippen LogP contribution in [-0.2, 0) is 9.59 Å². The lowest BCUT2D eigenvalue weighted by atomic mass is 9.94. The van der Waals surface area contributed by atoms with Gasteiger partial charge in [-0.1, -0.05) is 18.2 Å². The molecule has 2 aromatic rings. The maximum atomic E-state index is 13.3. The van der Waals surface area contributed by atoms with Gasteiger partial charge in [0.1, 0.15) is 5.82 Å². The Labute approximate surface area is 175 Å². The van der Waals surface area contributed by atoms with E-state index in [0.29, 0.717) is 50.3 Å². The van der Waals surface area contributed by atoms with Gasteiger partial charge in [-0.05, 0) is 37.8 Å². The van der Waals surface area contributed by atoms with Gasteiger partial charge in [-0.3, -0.25) is 14.4 Å². The minimum absolute atomic E-state index is 0.0167. The number of nitrogens with zero attached hydrogens (tertiary/aromatic N) is 4. The largest absolute Gasteiger partial charge is 0.383 e. The van der Waals surface area contributed by atoms with Crippen LogP contribution in [0.2, 0.25) is 0 Å². The zero-order chi connectivity index (χ0) is 21.3. The molecule has 0 spiro atoms. The van der Waals surface area contributed by atoms with E-state index in [1.54, 1.807) is 21.4 Å². The lowest BCUT2D eigenvalue weighted by Gasteiger charge is -2.34. The molecule has 4 rings (SSSR count). The first kappa shape index (κ1) is 20.1. The van der Waals surface area contributed by atoms with Crippen molar-refractivity contribution in [1.82, 2.24) is 19.6 Å². The first-order valence-electron chi connectivity index (χ1n) is 10.5. The number of para-hydroxylation sites is 1. The van der Waals surface area contributed by atoms with Crippen molar-refractivity contribution in [3.8, 4) is 5.69 Å². The maximum Gasteiger partial charge on any atom is 0.226 e. The second-order valence-electron chi connectivity index (χ2n) is 8.03. The van der Waals surface area contributed by atoms with Crippen molar-refractivity contribution in [2.45, 2.75) is 38.6 Å². The molecule has 2 aliphatic heterocycles. The number of piperidine rings is 1. The van der Waals surface area contributed by atoms with E-state index in [9.17, 15) is 14.4 Å². The van der Waals surface area contributed by atoms with Crippen LogP contribution in [0.15, 0.2) is 36.5 Å². The lowest BCUT2D eigenvalue weighted by molar-refractivity contribution is -0.140. The van der Waals surface area contributed by atoms with E-state index in [2.05, 4.69) is 5.10 Å². The number of ketones is 1. The summed E-state index contributed by atoms with van der Waals surface area (Å²) in [6.45, 7) is 3.32. The molecule has 8 nitrogen and oxygen atoms in total. The van der Waals surface area contributed by atoms with Crippen LogP contribution in [0.25, 0.3) is 5.69 Å². The first-order valence-corrected chi connectivity index (χ1v) is 10.5. The number of amides is 2. The Balaban J connectivity index is 1.49. The molecule has 8 heteroatoms. The molecular formula is C22H27N5O3. The van der Waals surface area contributed by atoms with Gasteiger partial charge < -0.3 is 15.5 Å². The number of benzene rings is 1. The quantitative estimate of drug-likeness (QED) is 0.777. The second-order valence-corrected chi connectivity index (χ2v) is 8.03. The monoisotopic (exact) mass is 409 g/mol. The SMILES string of the molecule is CC(=O)N1CCC(C(=O)N2CCCC2C(=O)c2cnn(-c3ccccc3)c2N)CC1. The van der Waals surface area contributed by atoms with Crippen LogP contribution in [0.1, 0.15) is 43.0 Å². The molecule has 2 aliphatic rings. The number of hydrogen-bond acceptors (Lipinski definition) is 5. The summed E-state index contributed by atoms with van der Waals surface area (Å²) in [7, 11) is 0. The summed E-state index contributed by atoms with van der Waals surface area (Å²) in [5.41, 5.74) is 7.39. The van der Waals surface area contributed by atoms with Gasteiger partial charge in [-0.2, -0.15) is 5.10 Å². The van der Waals surface area contributed by atoms with Crippen molar-refractivity contribution in [2.75, 3.05) is 25.4 Å². The van der Waals surface area contributed by atoms with Gasteiger partial charge in [0.2, 0.25) is 11.8 Å².